The molecular formula is C23H28F3N3O4. The lowest BCUT2D eigenvalue weighted by molar-refractivity contribution is -0.274. The Hall–Kier alpha value is -3.09. The standard InChI is InChI=1S/C23H28F3N3O4/c1-14(2)19(10-15(3)30)22(32)29-9-5-6-17(13-29)21(31)28-12-16-7-8-18(27-4)11-20(16)33-23(24,25)26/h7-8,11,14,17,19H,5-6,9-10,12-13H2,1-3H3,(H,28,31)/t17-,19-/m1/s1. The Labute approximate surface area is 191 Å². The molecule has 1 heterocycles. The first kappa shape index (κ1) is 26.2. The lowest BCUT2D eigenvalue weighted by atomic mass is 9.88. The number of likely N-dealkylation sites (tertiary alicyclic amines) is 1. The maximum absolute atomic E-state index is 13.0. The summed E-state index contributed by atoms with van der Waals surface area (Å²) in [6.45, 7) is 12.6. The second-order valence-electron chi connectivity index (χ2n) is 8.55. The van der Waals surface area contributed by atoms with E-state index in [1.54, 1.807) is 4.90 Å². The number of amides is 2. The summed E-state index contributed by atoms with van der Waals surface area (Å²) < 4.78 is 42.2. The lowest BCUT2D eigenvalue weighted by Crippen LogP contribution is -2.48. The first-order chi connectivity index (χ1) is 15.4. The van der Waals surface area contributed by atoms with E-state index < -0.39 is 23.9 Å². The Bertz CT molecular complexity index is 925. The van der Waals surface area contributed by atoms with Crippen LogP contribution in [0, 0.1) is 24.3 Å². The Morgan fingerprint density at radius 2 is 2.00 bits per heavy atom. The van der Waals surface area contributed by atoms with Crippen molar-refractivity contribution in [2.45, 2.75) is 52.9 Å². The summed E-state index contributed by atoms with van der Waals surface area (Å²) in [5, 5.41) is 2.62. The zero-order valence-electron chi connectivity index (χ0n) is 18.9. The van der Waals surface area contributed by atoms with Gasteiger partial charge in [0.1, 0.15) is 11.5 Å². The molecule has 1 fully saturated rings. The fourth-order valence-electron chi connectivity index (χ4n) is 3.85. The fourth-order valence-corrected chi connectivity index (χ4v) is 3.85. The Kier molecular flexibility index (Phi) is 8.85. The van der Waals surface area contributed by atoms with Crippen molar-refractivity contribution >= 4 is 23.3 Å². The summed E-state index contributed by atoms with van der Waals surface area (Å²) in [5.74, 6) is -2.15. The van der Waals surface area contributed by atoms with Crippen molar-refractivity contribution < 1.29 is 32.3 Å². The van der Waals surface area contributed by atoms with Crippen LogP contribution in [0.2, 0.25) is 0 Å². The van der Waals surface area contributed by atoms with Gasteiger partial charge in [-0.25, -0.2) is 4.85 Å². The van der Waals surface area contributed by atoms with E-state index in [4.69, 9.17) is 6.57 Å². The molecule has 0 spiro atoms. The maximum Gasteiger partial charge on any atom is 0.573 e. The van der Waals surface area contributed by atoms with E-state index in [0.717, 1.165) is 6.07 Å². The molecule has 2 amide bonds. The van der Waals surface area contributed by atoms with Crippen molar-refractivity contribution in [1.82, 2.24) is 10.2 Å². The number of hydrogen-bond donors (Lipinski definition) is 1. The number of benzene rings is 1. The molecule has 0 radical (unpaired) electrons. The van der Waals surface area contributed by atoms with Crippen molar-refractivity contribution in [1.29, 1.82) is 0 Å². The van der Waals surface area contributed by atoms with Gasteiger partial charge in [-0.1, -0.05) is 26.0 Å². The predicted molar refractivity (Wildman–Crippen MR) is 114 cm³/mol. The van der Waals surface area contributed by atoms with Gasteiger partial charge in [-0.2, -0.15) is 0 Å². The third kappa shape index (κ3) is 7.77. The van der Waals surface area contributed by atoms with Crippen molar-refractivity contribution in [2.75, 3.05) is 13.1 Å². The maximum atomic E-state index is 13.0. The van der Waals surface area contributed by atoms with Crippen LogP contribution in [0.1, 0.15) is 45.6 Å². The molecule has 1 aliphatic rings. The van der Waals surface area contributed by atoms with Gasteiger partial charge < -0.3 is 19.7 Å². The lowest BCUT2D eigenvalue weighted by Gasteiger charge is -2.35. The molecule has 0 aromatic heterocycles. The zero-order chi connectivity index (χ0) is 24.8. The normalized spacial score (nSPS) is 17.3. The van der Waals surface area contributed by atoms with E-state index in [0.29, 0.717) is 19.4 Å². The molecular weight excluding hydrogens is 439 g/mol. The summed E-state index contributed by atoms with van der Waals surface area (Å²) in [6.07, 6.45) is -3.64. The molecule has 7 nitrogen and oxygen atoms in total. The molecule has 1 aromatic rings. The predicted octanol–water partition coefficient (Wildman–Crippen LogP) is 4.24. The van der Waals surface area contributed by atoms with E-state index >= 15 is 0 Å². The highest BCUT2D eigenvalue weighted by Crippen LogP contribution is 2.31. The molecule has 2 atom stereocenters. The number of nitrogens with one attached hydrogen (secondary N) is 1. The first-order valence-corrected chi connectivity index (χ1v) is 10.7. The smallest absolute Gasteiger partial charge is 0.407 e. The summed E-state index contributed by atoms with van der Waals surface area (Å²) in [6, 6.07) is 3.63. The number of ether oxygens (including phenoxy) is 1. The van der Waals surface area contributed by atoms with Gasteiger partial charge in [0.25, 0.3) is 0 Å². The van der Waals surface area contributed by atoms with Gasteiger partial charge in [0.05, 0.1) is 12.5 Å². The van der Waals surface area contributed by atoms with Crippen molar-refractivity contribution in [3.63, 3.8) is 0 Å². The minimum Gasteiger partial charge on any atom is -0.407 e. The summed E-state index contributed by atoms with van der Waals surface area (Å²) in [7, 11) is 0. The van der Waals surface area contributed by atoms with Crippen LogP contribution >= 0.6 is 0 Å². The average Bonchev–Trinajstić information content (AvgIpc) is 2.74. The van der Waals surface area contributed by atoms with Gasteiger partial charge >= 0.3 is 6.36 Å². The van der Waals surface area contributed by atoms with Crippen molar-refractivity contribution in [3.05, 3.63) is 35.2 Å². The van der Waals surface area contributed by atoms with Gasteiger partial charge in [-0.05, 0) is 31.7 Å². The number of alkyl halides is 3. The molecule has 0 bridgehead atoms. The average molecular weight is 467 g/mol. The Morgan fingerprint density at radius 1 is 1.30 bits per heavy atom. The number of carbonyl (C=O) groups excluding carboxylic acids is 3. The number of piperidine rings is 1. The van der Waals surface area contributed by atoms with E-state index in [-0.39, 0.29) is 54.3 Å². The largest absolute Gasteiger partial charge is 0.573 e. The molecule has 1 aliphatic heterocycles. The molecule has 0 unspecified atom stereocenters. The summed E-state index contributed by atoms with van der Waals surface area (Å²) in [4.78, 5) is 41.9. The monoisotopic (exact) mass is 467 g/mol. The van der Waals surface area contributed by atoms with E-state index in [1.165, 1.54) is 19.1 Å². The van der Waals surface area contributed by atoms with Gasteiger partial charge in [0.15, 0.2) is 5.69 Å². The molecule has 2 rings (SSSR count). The van der Waals surface area contributed by atoms with Gasteiger partial charge in [-0.15, -0.1) is 13.2 Å². The number of ketones is 1. The number of Topliss-reactive ketones (excluding diaryl/α,β-unsaturated/α-hetero) is 1. The summed E-state index contributed by atoms with van der Waals surface area (Å²) in [5.41, 5.74) is 0.0641. The molecule has 1 saturated heterocycles. The fraction of sp³-hybridized carbons (Fsp3) is 0.565. The topological polar surface area (TPSA) is 80.1 Å². The SMILES string of the molecule is [C-]#[N+]c1ccc(CNC(=O)[C@@H]2CCCN(C(=O)[C@H](CC(C)=O)C(C)C)C2)c(OC(F)(F)F)c1. The second kappa shape index (κ2) is 11.2. The molecule has 10 heteroatoms. The van der Waals surface area contributed by atoms with E-state index in [2.05, 4.69) is 14.9 Å². The Balaban J connectivity index is 2.05. The first-order valence-electron chi connectivity index (χ1n) is 10.7. The second-order valence-corrected chi connectivity index (χ2v) is 8.55. The van der Waals surface area contributed by atoms with Crippen LogP contribution in [0.25, 0.3) is 4.85 Å². The van der Waals surface area contributed by atoms with E-state index in [1.807, 2.05) is 13.8 Å². The van der Waals surface area contributed by atoms with Crippen LogP contribution in [0.15, 0.2) is 18.2 Å². The van der Waals surface area contributed by atoms with Crippen LogP contribution < -0.4 is 10.1 Å². The number of rotatable bonds is 8. The van der Waals surface area contributed by atoms with Gasteiger partial charge in [-0.3, -0.25) is 9.59 Å². The minimum atomic E-state index is -4.93. The van der Waals surface area contributed by atoms with Crippen LogP contribution in [-0.4, -0.2) is 41.9 Å². The number of nitrogens with zero attached hydrogens (tertiary/aromatic N) is 2. The van der Waals surface area contributed by atoms with Crippen molar-refractivity contribution in [2.24, 2.45) is 17.8 Å². The Morgan fingerprint density at radius 3 is 2.58 bits per heavy atom. The third-order valence-electron chi connectivity index (χ3n) is 5.59. The molecule has 1 N–H and O–H groups in total. The number of halogens is 3. The highest BCUT2D eigenvalue weighted by atomic mass is 19.4. The molecule has 33 heavy (non-hydrogen) atoms. The number of carbonyl (C=O) groups is 3. The minimum absolute atomic E-state index is 0.0176. The third-order valence-corrected chi connectivity index (χ3v) is 5.59. The molecule has 0 saturated carbocycles. The van der Waals surface area contributed by atoms with Gasteiger partial charge in [0.2, 0.25) is 11.8 Å². The van der Waals surface area contributed by atoms with Crippen molar-refractivity contribution in [3.8, 4) is 5.75 Å². The zero-order valence-corrected chi connectivity index (χ0v) is 18.9. The van der Waals surface area contributed by atoms with Crippen LogP contribution in [-0.2, 0) is 20.9 Å². The van der Waals surface area contributed by atoms with Crippen LogP contribution in [0.4, 0.5) is 18.9 Å². The van der Waals surface area contributed by atoms with Crippen LogP contribution in [0.3, 0.4) is 0 Å². The summed E-state index contributed by atoms with van der Waals surface area (Å²) >= 11 is 0. The molecule has 0 aliphatic carbocycles. The number of hydrogen-bond acceptors (Lipinski definition) is 4. The molecule has 1 aromatic carbocycles. The van der Waals surface area contributed by atoms with E-state index in [9.17, 15) is 27.6 Å². The highest BCUT2D eigenvalue weighted by molar-refractivity contribution is 5.87. The molecule has 180 valence electrons. The van der Waals surface area contributed by atoms with Crippen LogP contribution in [0.5, 0.6) is 5.75 Å². The highest BCUT2D eigenvalue weighted by Gasteiger charge is 2.34. The van der Waals surface area contributed by atoms with Gasteiger partial charge in [0, 0.05) is 37.5 Å². The quantitative estimate of drug-likeness (QED) is 0.580.